The molecule has 0 radical (unpaired) electrons. The van der Waals surface area contributed by atoms with Gasteiger partial charge in [-0.2, -0.15) is 5.10 Å². The summed E-state index contributed by atoms with van der Waals surface area (Å²) >= 11 is 0. The summed E-state index contributed by atoms with van der Waals surface area (Å²) in [6.45, 7) is 8.20. The summed E-state index contributed by atoms with van der Waals surface area (Å²) in [5, 5.41) is 11.1. The minimum atomic E-state index is 0.553. The second-order valence-corrected chi connectivity index (χ2v) is 5.53. The molecule has 24 heavy (non-hydrogen) atoms. The third kappa shape index (κ3) is 4.47. The van der Waals surface area contributed by atoms with Crippen molar-refractivity contribution in [3.8, 4) is 5.88 Å². The van der Waals surface area contributed by atoms with Gasteiger partial charge < -0.3 is 15.4 Å². The summed E-state index contributed by atoms with van der Waals surface area (Å²) in [5.74, 6) is 1.38. The molecule has 0 fully saturated rings. The zero-order valence-corrected chi connectivity index (χ0v) is 15.1. The summed E-state index contributed by atoms with van der Waals surface area (Å²) in [7, 11) is 3.57. The highest BCUT2D eigenvalue weighted by Crippen LogP contribution is 2.11. The molecule has 2 heterocycles. The zero-order chi connectivity index (χ0) is 17.5. The summed E-state index contributed by atoms with van der Waals surface area (Å²) in [6, 6.07) is 3.81. The van der Waals surface area contributed by atoms with E-state index in [1.807, 2.05) is 37.7 Å². The van der Waals surface area contributed by atoms with Crippen molar-refractivity contribution in [3.05, 3.63) is 40.8 Å². The Labute approximate surface area is 143 Å². The monoisotopic (exact) mass is 330 g/mol. The number of aliphatic imine (C=N–C) groups is 1. The SMILES string of the molecule is CCNC(=NCc1ccc(OC)nc1)NCc1c(C)nn(C)c1C. The Morgan fingerprint density at radius 3 is 2.62 bits per heavy atom. The second-order valence-electron chi connectivity index (χ2n) is 5.53. The number of methoxy groups -OCH3 is 1. The van der Waals surface area contributed by atoms with Crippen LogP contribution in [0.3, 0.4) is 0 Å². The first-order chi connectivity index (χ1) is 11.5. The van der Waals surface area contributed by atoms with E-state index >= 15 is 0 Å². The molecule has 0 amide bonds. The minimum Gasteiger partial charge on any atom is -0.481 e. The number of hydrogen-bond acceptors (Lipinski definition) is 4. The van der Waals surface area contributed by atoms with Crippen molar-refractivity contribution >= 4 is 5.96 Å². The maximum atomic E-state index is 5.07. The van der Waals surface area contributed by atoms with E-state index in [9.17, 15) is 0 Å². The maximum absolute atomic E-state index is 5.07. The number of rotatable bonds is 6. The number of pyridine rings is 1. The van der Waals surface area contributed by atoms with E-state index < -0.39 is 0 Å². The molecule has 2 N–H and O–H groups in total. The molecule has 2 rings (SSSR count). The molecule has 130 valence electrons. The third-order valence-electron chi connectivity index (χ3n) is 3.86. The van der Waals surface area contributed by atoms with Gasteiger partial charge >= 0.3 is 0 Å². The van der Waals surface area contributed by atoms with Gasteiger partial charge in [0.25, 0.3) is 0 Å². The number of nitrogens with zero attached hydrogens (tertiary/aromatic N) is 4. The standard InChI is InChI=1S/C17H26N6O/c1-6-18-17(20-10-14-7-8-16(24-5)19-9-14)21-11-15-12(2)22-23(4)13(15)3/h7-9H,6,10-11H2,1-5H3,(H2,18,20,21). The van der Waals surface area contributed by atoms with Crippen LogP contribution in [0.4, 0.5) is 0 Å². The van der Waals surface area contributed by atoms with Crippen molar-refractivity contribution in [2.24, 2.45) is 12.0 Å². The third-order valence-corrected chi connectivity index (χ3v) is 3.86. The van der Waals surface area contributed by atoms with E-state index in [0.717, 1.165) is 29.5 Å². The fourth-order valence-electron chi connectivity index (χ4n) is 2.38. The van der Waals surface area contributed by atoms with Crippen molar-refractivity contribution in [1.29, 1.82) is 0 Å². The Morgan fingerprint density at radius 2 is 2.08 bits per heavy atom. The van der Waals surface area contributed by atoms with E-state index in [1.54, 1.807) is 13.3 Å². The summed E-state index contributed by atoms with van der Waals surface area (Å²) in [5.41, 5.74) is 4.43. The van der Waals surface area contributed by atoms with E-state index in [0.29, 0.717) is 19.0 Å². The van der Waals surface area contributed by atoms with Crippen molar-refractivity contribution < 1.29 is 4.74 Å². The van der Waals surface area contributed by atoms with Gasteiger partial charge in [-0.1, -0.05) is 6.07 Å². The Morgan fingerprint density at radius 1 is 1.29 bits per heavy atom. The van der Waals surface area contributed by atoms with E-state index in [2.05, 4.69) is 32.6 Å². The number of aromatic nitrogens is 3. The number of guanidine groups is 1. The van der Waals surface area contributed by atoms with E-state index in [4.69, 9.17) is 4.74 Å². The highest BCUT2D eigenvalue weighted by molar-refractivity contribution is 5.79. The van der Waals surface area contributed by atoms with Gasteiger partial charge in [-0.25, -0.2) is 9.98 Å². The van der Waals surface area contributed by atoms with Gasteiger partial charge in [0.05, 0.1) is 19.3 Å². The van der Waals surface area contributed by atoms with Gasteiger partial charge in [-0.05, 0) is 26.3 Å². The van der Waals surface area contributed by atoms with Crippen molar-refractivity contribution in [3.63, 3.8) is 0 Å². The lowest BCUT2D eigenvalue weighted by Crippen LogP contribution is -2.37. The Bertz CT molecular complexity index is 690. The highest BCUT2D eigenvalue weighted by Gasteiger charge is 2.09. The topological polar surface area (TPSA) is 76.4 Å². The summed E-state index contributed by atoms with van der Waals surface area (Å²) in [4.78, 5) is 8.80. The molecule has 0 aromatic carbocycles. The van der Waals surface area contributed by atoms with Gasteiger partial charge in [0.15, 0.2) is 5.96 Å². The van der Waals surface area contributed by atoms with Crippen LogP contribution in [-0.2, 0) is 20.1 Å². The van der Waals surface area contributed by atoms with Gasteiger partial charge in [-0.15, -0.1) is 0 Å². The van der Waals surface area contributed by atoms with Crippen LogP contribution in [0.15, 0.2) is 23.3 Å². The van der Waals surface area contributed by atoms with Crippen LogP contribution in [0, 0.1) is 13.8 Å². The molecular weight excluding hydrogens is 304 g/mol. The molecule has 2 aromatic heterocycles. The molecule has 0 saturated carbocycles. The number of aryl methyl sites for hydroxylation is 2. The Balaban J connectivity index is 2.02. The van der Waals surface area contributed by atoms with Crippen molar-refractivity contribution in [2.75, 3.05) is 13.7 Å². The molecule has 0 aliphatic heterocycles. The van der Waals surface area contributed by atoms with E-state index in [-0.39, 0.29) is 0 Å². The quantitative estimate of drug-likeness (QED) is 0.623. The van der Waals surface area contributed by atoms with Crippen LogP contribution in [-0.4, -0.2) is 34.4 Å². The summed E-state index contributed by atoms with van der Waals surface area (Å²) in [6.07, 6.45) is 1.78. The smallest absolute Gasteiger partial charge is 0.212 e. The summed E-state index contributed by atoms with van der Waals surface area (Å²) < 4.78 is 6.97. The molecule has 0 spiro atoms. The molecule has 0 atom stereocenters. The highest BCUT2D eigenvalue weighted by atomic mass is 16.5. The normalized spacial score (nSPS) is 11.5. The largest absolute Gasteiger partial charge is 0.481 e. The first kappa shape index (κ1) is 17.8. The van der Waals surface area contributed by atoms with Gasteiger partial charge in [-0.3, -0.25) is 4.68 Å². The van der Waals surface area contributed by atoms with E-state index in [1.165, 1.54) is 5.56 Å². The fourth-order valence-corrected chi connectivity index (χ4v) is 2.38. The van der Waals surface area contributed by atoms with Gasteiger partial charge in [0.2, 0.25) is 5.88 Å². The fraction of sp³-hybridized carbons (Fsp3) is 0.471. The van der Waals surface area contributed by atoms with Crippen LogP contribution in [0.5, 0.6) is 5.88 Å². The number of nitrogens with one attached hydrogen (secondary N) is 2. The molecule has 0 unspecified atom stereocenters. The molecule has 7 nitrogen and oxygen atoms in total. The molecule has 2 aromatic rings. The minimum absolute atomic E-state index is 0.553. The first-order valence-electron chi connectivity index (χ1n) is 8.05. The van der Waals surface area contributed by atoms with Crippen LogP contribution in [0.2, 0.25) is 0 Å². The lowest BCUT2D eigenvalue weighted by atomic mass is 10.2. The Kier molecular flexibility index (Phi) is 6.17. The average molecular weight is 330 g/mol. The molecule has 0 aliphatic carbocycles. The van der Waals surface area contributed by atoms with Crippen molar-refractivity contribution in [1.82, 2.24) is 25.4 Å². The lowest BCUT2D eigenvalue weighted by Gasteiger charge is -2.11. The predicted octanol–water partition coefficient (Wildman–Crippen LogP) is 1.70. The maximum Gasteiger partial charge on any atom is 0.212 e. The second kappa shape index (κ2) is 8.33. The predicted molar refractivity (Wildman–Crippen MR) is 95.1 cm³/mol. The first-order valence-corrected chi connectivity index (χ1v) is 8.05. The van der Waals surface area contributed by atoms with Gasteiger partial charge in [0.1, 0.15) is 0 Å². The van der Waals surface area contributed by atoms with Crippen LogP contribution in [0.1, 0.15) is 29.4 Å². The zero-order valence-electron chi connectivity index (χ0n) is 15.1. The van der Waals surface area contributed by atoms with Gasteiger partial charge in [0, 0.05) is 43.7 Å². The van der Waals surface area contributed by atoms with Crippen LogP contribution < -0.4 is 15.4 Å². The molecule has 0 bridgehead atoms. The van der Waals surface area contributed by atoms with Crippen LogP contribution in [0.25, 0.3) is 0 Å². The lowest BCUT2D eigenvalue weighted by molar-refractivity contribution is 0.397. The molecule has 7 heteroatoms. The molecule has 0 aliphatic rings. The number of hydrogen-bond donors (Lipinski definition) is 2. The molecular formula is C17H26N6O. The Hall–Kier alpha value is -2.57. The average Bonchev–Trinajstić information content (AvgIpc) is 2.83. The van der Waals surface area contributed by atoms with Crippen molar-refractivity contribution in [2.45, 2.75) is 33.9 Å². The number of ether oxygens (including phenoxy) is 1. The van der Waals surface area contributed by atoms with Crippen LogP contribution >= 0.6 is 0 Å². The molecule has 0 saturated heterocycles.